The predicted octanol–water partition coefficient (Wildman–Crippen LogP) is 3.01. The zero-order valence-electron chi connectivity index (χ0n) is 6.80. The standard InChI is InChI=1S/C9H6Cl2O2/c1-5(13)7-3-2-6(4-12)8(10)9(7)11/h2-4H,1H3. The van der Waals surface area contributed by atoms with Crippen LogP contribution in [0.5, 0.6) is 0 Å². The van der Waals surface area contributed by atoms with Crippen LogP contribution in [0.4, 0.5) is 0 Å². The van der Waals surface area contributed by atoms with Gasteiger partial charge in [0.25, 0.3) is 0 Å². The lowest BCUT2D eigenvalue weighted by atomic mass is 10.1. The third kappa shape index (κ3) is 1.90. The smallest absolute Gasteiger partial charge is 0.161 e. The highest BCUT2D eigenvalue weighted by atomic mass is 35.5. The van der Waals surface area contributed by atoms with Crippen LogP contribution in [0, 0.1) is 0 Å². The molecule has 0 N–H and O–H groups in total. The van der Waals surface area contributed by atoms with Crippen molar-refractivity contribution < 1.29 is 9.59 Å². The Morgan fingerprint density at radius 3 is 2.38 bits per heavy atom. The summed E-state index contributed by atoms with van der Waals surface area (Å²) < 4.78 is 0. The third-order valence-electron chi connectivity index (χ3n) is 1.62. The minimum absolute atomic E-state index is 0.129. The number of benzene rings is 1. The van der Waals surface area contributed by atoms with Crippen LogP contribution >= 0.6 is 23.2 Å². The number of hydrogen-bond acceptors (Lipinski definition) is 2. The molecule has 68 valence electrons. The average Bonchev–Trinajstić information content (AvgIpc) is 2.09. The highest BCUT2D eigenvalue weighted by Crippen LogP contribution is 2.28. The summed E-state index contributed by atoms with van der Waals surface area (Å²) >= 11 is 11.5. The lowest BCUT2D eigenvalue weighted by molar-refractivity contribution is 0.101. The second kappa shape index (κ2) is 3.90. The third-order valence-corrected chi connectivity index (χ3v) is 2.51. The molecule has 0 radical (unpaired) electrons. The number of rotatable bonds is 2. The van der Waals surface area contributed by atoms with Crippen LogP contribution in [0.25, 0.3) is 0 Å². The molecule has 4 heteroatoms. The fraction of sp³-hybridized carbons (Fsp3) is 0.111. The second-order valence-corrected chi connectivity index (χ2v) is 3.26. The Bertz CT molecular complexity index is 372. The van der Waals surface area contributed by atoms with Gasteiger partial charge in [-0.25, -0.2) is 0 Å². The SMILES string of the molecule is CC(=O)c1ccc(C=O)c(Cl)c1Cl. The topological polar surface area (TPSA) is 34.1 Å². The molecule has 0 aliphatic carbocycles. The van der Waals surface area contributed by atoms with Crippen molar-refractivity contribution in [2.24, 2.45) is 0 Å². The monoisotopic (exact) mass is 216 g/mol. The van der Waals surface area contributed by atoms with E-state index in [0.29, 0.717) is 11.8 Å². The molecule has 1 rings (SSSR count). The summed E-state index contributed by atoms with van der Waals surface area (Å²) in [5.74, 6) is -0.177. The Morgan fingerprint density at radius 1 is 1.31 bits per heavy atom. The lowest BCUT2D eigenvalue weighted by Crippen LogP contribution is -1.95. The van der Waals surface area contributed by atoms with E-state index >= 15 is 0 Å². The van der Waals surface area contributed by atoms with E-state index in [1.165, 1.54) is 19.1 Å². The van der Waals surface area contributed by atoms with E-state index in [4.69, 9.17) is 23.2 Å². The predicted molar refractivity (Wildman–Crippen MR) is 51.9 cm³/mol. The first kappa shape index (κ1) is 10.2. The van der Waals surface area contributed by atoms with Gasteiger partial charge in [0.15, 0.2) is 12.1 Å². The van der Waals surface area contributed by atoms with Gasteiger partial charge < -0.3 is 0 Å². The van der Waals surface area contributed by atoms with Gasteiger partial charge in [-0.2, -0.15) is 0 Å². The van der Waals surface area contributed by atoms with Crippen molar-refractivity contribution >= 4 is 35.3 Å². The van der Waals surface area contributed by atoms with Crippen LogP contribution in [0.3, 0.4) is 0 Å². The molecule has 0 atom stereocenters. The van der Waals surface area contributed by atoms with E-state index in [1.807, 2.05) is 0 Å². The number of carbonyl (C=O) groups excluding carboxylic acids is 2. The van der Waals surface area contributed by atoms with Gasteiger partial charge in [0.05, 0.1) is 10.0 Å². The van der Waals surface area contributed by atoms with Crippen molar-refractivity contribution in [1.29, 1.82) is 0 Å². The molecule has 0 saturated carbocycles. The molecule has 0 aliphatic heterocycles. The van der Waals surface area contributed by atoms with Crippen molar-refractivity contribution in [3.63, 3.8) is 0 Å². The maximum Gasteiger partial charge on any atom is 0.161 e. The molecule has 0 amide bonds. The van der Waals surface area contributed by atoms with Crippen molar-refractivity contribution in [2.75, 3.05) is 0 Å². The minimum atomic E-state index is -0.177. The summed E-state index contributed by atoms with van der Waals surface area (Å²) in [7, 11) is 0. The van der Waals surface area contributed by atoms with Crippen LogP contribution in [0.2, 0.25) is 10.0 Å². The normalized spacial score (nSPS) is 9.77. The van der Waals surface area contributed by atoms with E-state index in [1.54, 1.807) is 0 Å². The quantitative estimate of drug-likeness (QED) is 0.563. The number of aldehydes is 1. The minimum Gasteiger partial charge on any atom is -0.298 e. The molecule has 1 aromatic rings. The molecule has 0 saturated heterocycles. The van der Waals surface area contributed by atoms with Gasteiger partial charge in [0, 0.05) is 11.1 Å². The molecule has 2 nitrogen and oxygen atoms in total. The van der Waals surface area contributed by atoms with Crippen molar-refractivity contribution in [3.05, 3.63) is 33.3 Å². The van der Waals surface area contributed by atoms with Gasteiger partial charge in [0.1, 0.15) is 0 Å². The summed E-state index contributed by atoms with van der Waals surface area (Å²) in [5, 5.41) is 0.267. The van der Waals surface area contributed by atoms with Gasteiger partial charge >= 0.3 is 0 Å². The summed E-state index contributed by atoms with van der Waals surface area (Å²) in [6.07, 6.45) is 0.595. The summed E-state index contributed by atoms with van der Waals surface area (Å²) in [4.78, 5) is 21.4. The fourth-order valence-corrected chi connectivity index (χ4v) is 1.44. The van der Waals surface area contributed by atoms with Crippen molar-refractivity contribution in [3.8, 4) is 0 Å². The Hall–Kier alpha value is -0.860. The van der Waals surface area contributed by atoms with Gasteiger partial charge in [0.2, 0.25) is 0 Å². The molecule has 13 heavy (non-hydrogen) atoms. The van der Waals surface area contributed by atoms with E-state index in [9.17, 15) is 9.59 Å². The van der Waals surface area contributed by atoms with Gasteiger partial charge in [-0.1, -0.05) is 23.2 Å². The van der Waals surface area contributed by atoms with Gasteiger partial charge in [-0.3, -0.25) is 9.59 Å². The number of carbonyl (C=O) groups is 2. The van der Waals surface area contributed by atoms with Crippen LogP contribution in [-0.2, 0) is 0 Å². The molecule has 0 aliphatic rings. The molecular weight excluding hydrogens is 211 g/mol. The van der Waals surface area contributed by atoms with E-state index in [2.05, 4.69) is 0 Å². The van der Waals surface area contributed by atoms with Crippen molar-refractivity contribution in [1.82, 2.24) is 0 Å². The first-order valence-electron chi connectivity index (χ1n) is 3.52. The maximum absolute atomic E-state index is 11.0. The average molecular weight is 217 g/mol. The number of halogens is 2. The Kier molecular flexibility index (Phi) is 3.07. The molecule has 0 spiro atoms. The fourth-order valence-electron chi connectivity index (χ4n) is 0.927. The second-order valence-electron chi connectivity index (χ2n) is 2.50. The maximum atomic E-state index is 11.0. The largest absolute Gasteiger partial charge is 0.298 e. The molecular formula is C9H6Cl2O2. The highest BCUT2D eigenvalue weighted by molar-refractivity contribution is 6.45. The Morgan fingerprint density at radius 2 is 1.92 bits per heavy atom. The Labute approximate surface area is 85.5 Å². The summed E-state index contributed by atoms with van der Waals surface area (Å²) in [5.41, 5.74) is 0.619. The number of Topliss-reactive ketones (excluding diaryl/α,β-unsaturated/α-hetero) is 1. The van der Waals surface area contributed by atoms with Crippen molar-refractivity contribution in [2.45, 2.75) is 6.92 Å². The molecule has 1 aromatic carbocycles. The Balaban J connectivity index is 3.39. The van der Waals surface area contributed by atoms with E-state index in [0.717, 1.165) is 0 Å². The molecule has 0 unspecified atom stereocenters. The van der Waals surface area contributed by atoms with Crippen LogP contribution in [0.15, 0.2) is 12.1 Å². The van der Waals surface area contributed by atoms with Crippen LogP contribution < -0.4 is 0 Å². The van der Waals surface area contributed by atoms with Crippen LogP contribution in [-0.4, -0.2) is 12.1 Å². The molecule has 0 aromatic heterocycles. The highest BCUT2D eigenvalue weighted by Gasteiger charge is 2.11. The van der Waals surface area contributed by atoms with E-state index in [-0.39, 0.29) is 21.4 Å². The summed E-state index contributed by atoms with van der Waals surface area (Å²) in [6, 6.07) is 2.96. The number of hydrogen-bond donors (Lipinski definition) is 0. The summed E-state index contributed by atoms with van der Waals surface area (Å²) in [6.45, 7) is 1.39. The molecule has 0 fully saturated rings. The van der Waals surface area contributed by atoms with Crippen LogP contribution in [0.1, 0.15) is 27.6 Å². The van der Waals surface area contributed by atoms with Gasteiger partial charge in [-0.05, 0) is 19.1 Å². The number of ketones is 1. The lowest BCUT2D eigenvalue weighted by Gasteiger charge is -2.03. The van der Waals surface area contributed by atoms with E-state index < -0.39 is 0 Å². The first-order valence-corrected chi connectivity index (χ1v) is 4.27. The molecule has 0 heterocycles. The zero-order valence-corrected chi connectivity index (χ0v) is 8.32. The van der Waals surface area contributed by atoms with Gasteiger partial charge in [-0.15, -0.1) is 0 Å². The zero-order chi connectivity index (χ0) is 10.0. The first-order chi connectivity index (χ1) is 6.07. The molecule has 0 bridgehead atoms.